The summed E-state index contributed by atoms with van der Waals surface area (Å²) in [5.74, 6) is 1.60. The highest BCUT2D eigenvalue weighted by molar-refractivity contribution is 5.97. The molecule has 0 radical (unpaired) electrons. The molecule has 3 heterocycles. The minimum atomic E-state index is -1.11. The molecular formula is C31H42N4O4. The van der Waals surface area contributed by atoms with Crippen molar-refractivity contribution in [3.63, 3.8) is 0 Å². The second kappa shape index (κ2) is 10.3. The molecule has 210 valence electrons. The standard InChI is InChI=1S/C31H42N4O4/c1-19(33-39-18-28(36)37)29-30(38)35(27-10-5-4-9-26(27)32-29)24-16-22-7-6-8-23(17-24)34(22)14-13-20-11-12-21-15-25(20)31(21,2)3/h4-5,9-10,20-25H,6-8,11-18H2,1-3H3,(H,36,37)/b33-19+/t20-,21-,22?,23?,24?,25-/m0/s1. The minimum Gasteiger partial charge on any atom is -0.479 e. The molecule has 0 spiro atoms. The van der Waals surface area contributed by atoms with Crippen LogP contribution < -0.4 is 5.56 Å². The van der Waals surface area contributed by atoms with Gasteiger partial charge in [-0.1, -0.05) is 37.6 Å². The van der Waals surface area contributed by atoms with E-state index in [1.807, 2.05) is 28.8 Å². The first-order chi connectivity index (χ1) is 18.7. The molecule has 2 saturated heterocycles. The number of carboxylic acids is 1. The van der Waals surface area contributed by atoms with Crippen molar-refractivity contribution in [2.24, 2.45) is 28.3 Å². The van der Waals surface area contributed by atoms with Gasteiger partial charge < -0.3 is 14.5 Å². The summed E-state index contributed by atoms with van der Waals surface area (Å²) in [6.45, 7) is 7.27. The minimum absolute atomic E-state index is 0.101. The van der Waals surface area contributed by atoms with Crippen molar-refractivity contribution in [2.45, 2.75) is 96.7 Å². The first-order valence-electron chi connectivity index (χ1n) is 14.9. The number of nitrogens with zero attached hydrogens (tertiary/aromatic N) is 4. The quantitative estimate of drug-likeness (QED) is 0.367. The summed E-state index contributed by atoms with van der Waals surface area (Å²) in [5, 5.41) is 12.8. The molecule has 2 aliphatic heterocycles. The molecule has 8 heteroatoms. The van der Waals surface area contributed by atoms with Gasteiger partial charge in [0.25, 0.3) is 5.56 Å². The van der Waals surface area contributed by atoms with Crippen LogP contribution in [0.3, 0.4) is 0 Å². The molecule has 5 fully saturated rings. The van der Waals surface area contributed by atoms with Gasteiger partial charge in [-0.3, -0.25) is 9.69 Å². The van der Waals surface area contributed by atoms with Crippen molar-refractivity contribution in [1.29, 1.82) is 0 Å². The number of benzene rings is 1. The summed E-state index contributed by atoms with van der Waals surface area (Å²) < 4.78 is 1.95. The van der Waals surface area contributed by atoms with Crippen LogP contribution in [0.1, 0.15) is 90.3 Å². The van der Waals surface area contributed by atoms with Crippen LogP contribution in [0, 0.1) is 23.2 Å². The van der Waals surface area contributed by atoms with Crippen molar-refractivity contribution in [3.05, 3.63) is 40.3 Å². The van der Waals surface area contributed by atoms with E-state index in [0.717, 1.165) is 41.6 Å². The maximum Gasteiger partial charge on any atom is 0.344 e. The number of carboxylic acid groups (broad SMARTS) is 1. The average Bonchev–Trinajstić information content (AvgIpc) is 2.91. The first kappa shape index (κ1) is 26.5. The summed E-state index contributed by atoms with van der Waals surface area (Å²) in [5.41, 5.74) is 2.48. The number of piperidine rings is 2. The second-order valence-corrected chi connectivity index (χ2v) is 13.1. The van der Waals surface area contributed by atoms with Crippen molar-refractivity contribution >= 4 is 22.7 Å². The molecule has 8 nitrogen and oxygen atoms in total. The fourth-order valence-corrected chi connectivity index (χ4v) is 8.63. The van der Waals surface area contributed by atoms with E-state index in [2.05, 4.69) is 28.9 Å². The van der Waals surface area contributed by atoms with Crippen LogP contribution in [0.15, 0.2) is 34.2 Å². The van der Waals surface area contributed by atoms with E-state index >= 15 is 0 Å². The number of hydrogen-bond donors (Lipinski definition) is 1. The number of rotatable bonds is 8. The van der Waals surface area contributed by atoms with Crippen LogP contribution in [0.4, 0.5) is 0 Å². The van der Waals surface area contributed by atoms with Gasteiger partial charge in [-0.15, -0.1) is 0 Å². The van der Waals surface area contributed by atoms with Gasteiger partial charge in [0.1, 0.15) is 5.71 Å². The molecule has 1 aromatic heterocycles. The third kappa shape index (κ3) is 4.79. The lowest BCUT2D eigenvalue weighted by molar-refractivity contribution is -0.142. The lowest BCUT2D eigenvalue weighted by Gasteiger charge is -2.60. The number of para-hydroxylation sites is 2. The normalized spacial score (nSPS) is 32.0. The number of aromatic nitrogens is 2. The lowest BCUT2D eigenvalue weighted by Crippen LogP contribution is -2.55. The van der Waals surface area contributed by atoms with Gasteiger partial charge in [-0.05, 0) is 100 Å². The number of aliphatic carboxylic acids is 1. The Morgan fingerprint density at radius 1 is 1.10 bits per heavy atom. The second-order valence-electron chi connectivity index (χ2n) is 13.1. The first-order valence-corrected chi connectivity index (χ1v) is 14.9. The topological polar surface area (TPSA) is 97.0 Å². The van der Waals surface area contributed by atoms with E-state index in [-0.39, 0.29) is 17.3 Å². The number of carbonyl (C=O) groups is 1. The molecule has 1 N–H and O–H groups in total. The highest BCUT2D eigenvalue weighted by Crippen LogP contribution is 2.62. The zero-order valence-corrected chi connectivity index (χ0v) is 23.5. The Hall–Kier alpha value is -2.74. The Bertz CT molecular complexity index is 1320. The van der Waals surface area contributed by atoms with E-state index < -0.39 is 12.6 Å². The van der Waals surface area contributed by atoms with Crippen LogP contribution in [-0.2, 0) is 9.63 Å². The van der Waals surface area contributed by atoms with Crippen LogP contribution in [-0.4, -0.2) is 56.5 Å². The van der Waals surface area contributed by atoms with Gasteiger partial charge in [-0.2, -0.15) is 0 Å². The SMILES string of the molecule is C/C(=N\OCC(=O)O)c1nc2ccccc2n(C2CC3CCCC(C2)N3CC[C@@H]2CC[C@H]3C[C@@H]2C3(C)C)c1=O. The molecule has 3 saturated carbocycles. The van der Waals surface area contributed by atoms with Gasteiger partial charge in [0.15, 0.2) is 5.69 Å². The fourth-order valence-electron chi connectivity index (χ4n) is 8.63. The third-order valence-corrected chi connectivity index (χ3v) is 10.8. The molecule has 5 atom stereocenters. The number of fused-ring (bicyclic) bond motifs is 5. The molecule has 1 aromatic carbocycles. The van der Waals surface area contributed by atoms with Crippen molar-refractivity contribution in [3.8, 4) is 0 Å². The maximum absolute atomic E-state index is 13.9. The third-order valence-electron chi connectivity index (χ3n) is 10.8. The summed E-state index contributed by atoms with van der Waals surface area (Å²) >= 11 is 0. The van der Waals surface area contributed by atoms with Crippen molar-refractivity contribution in [2.75, 3.05) is 13.2 Å². The summed E-state index contributed by atoms with van der Waals surface area (Å²) in [6.07, 6.45) is 11.2. The predicted molar refractivity (Wildman–Crippen MR) is 151 cm³/mol. The highest BCUT2D eigenvalue weighted by Gasteiger charge is 2.54. The number of oxime groups is 1. The van der Waals surface area contributed by atoms with Crippen LogP contribution in [0.2, 0.25) is 0 Å². The van der Waals surface area contributed by atoms with E-state index in [9.17, 15) is 9.59 Å². The van der Waals surface area contributed by atoms with Crippen molar-refractivity contribution in [1.82, 2.24) is 14.5 Å². The van der Waals surface area contributed by atoms with Gasteiger partial charge in [-0.25, -0.2) is 9.78 Å². The molecule has 2 aromatic rings. The Morgan fingerprint density at radius 2 is 1.85 bits per heavy atom. The predicted octanol–water partition coefficient (Wildman–Crippen LogP) is 5.24. The summed E-state index contributed by atoms with van der Waals surface area (Å²) in [7, 11) is 0. The molecule has 4 bridgehead atoms. The van der Waals surface area contributed by atoms with Crippen LogP contribution in [0.25, 0.3) is 11.0 Å². The average molecular weight is 535 g/mol. The van der Waals surface area contributed by atoms with E-state index in [0.29, 0.717) is 23.2 Å². The molecule has 0 amide bonds. The van der Waals surface area contributed by atoms with Crippen LogP contribution >= 0.6 is 0 Å². The summed E-state index contributed by atoms with van der Waals surface area (Å²) in [4.78, 5) is 37.1. The highest BCUT2D eigenvalue weighted by atomic mass is 16.6. The smallest absolute Gasteiger partial charge is 0.344 e. The largest absolute Gasteiger partial charge is 0.479 e. The fraction of sp³-hybridized carbons (Fsp3) is 0.677. The Balaban J connectivity index is 1.24. The van der Waals surface area contributed by atoms with E-state index in [1.54, 1.807) is 6.92 Å². The molecule has 5 aliphatic rings. The molecule has 7 rings (SSSR count). The Labute approximate surface area is 230 Å². The lowest BCUT2D eigenvalue weighted by atomic mass is 9.45. The molecule has 39 heavy (non-hydrogen) atoms. The van der Waals surface area contributed by atoms with E-state index in [1.165, 1.54) is 51.5 Å². The Morgan fingerprint density at radius 3 is 2.54 bits per heavy atom. The molecule has 3 aliphatic carbocycles. The maximum atomic E-state index is 13.9. The molecular weight excluding hydrogens is 492 g/mol. The zero-order chi connectivity index (χ0) is 27.3. The monoisotopic (exact) mass is 534 g/mol. The van der Waals surface area contributed by atoms with Gasteiger partial charge in [0, 0.05) is 18.1 Å². The molecule has 2 unspecified atom stereocenters. The van der Waals surface area contributed by atoms with Gasteiger partial charge in [0.2, 0.25) is 6.61 Å². The van der Waals surface area contributed by atoms with Gasteiger partial charge >= 0.3 is 5.97 Å². The van der Waals surface area contributed by atoms with E-state index in [4.69, 9.17) is 9.94 Å². The number of hydrogen-bond acceptors (Lipinski definition) is 6. The van der Waals surface area contributed by atoms with Gasteiger partial charge in [0.05, 0.1) is 11.0 Å². The van der Waals surface area contributed by atoms with Crippen LogP contribution in [0.5, 0.6) is 0 Å². The Kier molecular flexibility index (Phi) is 7.02. The zero-order valence-electron chi connectivity index (χ0n) is 23.5. The van der Waals surface area contributed by atoms with Crippen molar-refractivity contribution < 1.29 is 14.7 Å². The summed E-state index contributed by atoms with van der Waals surface area (Å²) in [6, 6.07) is 8.91.